The van der Waals surface area contributed by atoms with Crippen LogP contribution in [0.1, 0.15) is 150 Å². The molecule has 0 radical (unpaired) electrons. The van der Waals surface area contributed by atoms with Crippen molar-refractivity contribution in [1.82, 2.24) is 0 Å². The molecule has 306 valence electrons. The molecule has 5 rings (SSSR count). The topological polar surface area (TPSA) is 146 Å². The molecule has 0 aromatic carbocycles. The first-order valence-electron chi connectivity index (χ1n) is 19.2. The van der Waals surface area contributed by atoms with E-state index in [1.165, 1.54) is 47.0 Å². The highest BCUT2D eigenvalue weighted by Crippen LogP contribution is 2.40. The van der Waals surface area contributed by atoms with Gasteiger partial charge in [-0.1, -0.05) is 62.0 Å². The highest BCUT2D eigenvalue weighted by Gasteiger charge is 2.35. The molecule has 0 aromatic heterocycles. The van der Waals surface area contributed by atoms with Crippen molar-refractivity contribution >= 4 is 23.7 Å². The fourth-order valence-electron chi connectivity index (χ4n) is 8.27. The second kappa shape index (κ2) is 25.5. The van der Waals surface area contributed by atoms with Crippen molar-refractivity contribution in [2.45, 2.75) is 164 Å². The molecule has 5 aliphatic rings. The van der Waals surface area contributed by atoms with E-state index >= 15 is 0 Å². The lowest BCUT2D eigenvalue weighted by Gasteiger charge is -2.32. The molecule has 1 aliphatic heterocycles. The average molecular weight is 746 g/mol. The number of carbonyl (C=O) groups is 4. The number of allylic oxidation sites excluding steroid dienone is 1. The van der Waals surface area contributed by atoms with Gasteiger partial charge in [-0.3, -0.25) is 19.2 Å². The van der Waals surface area contributed by atoms with Gasteiger partial charge in [-0.25, -0.2) is 0 Å². The molecule has 10 nitrogen and oxygen atoms in total. The standard InChI is InChI=1S/2C10H18O3.C10H16O3.C10H16O.2CH4.H2/c3*1-7(10(12)13-2)6-8-4-3-5-9(8)11;1-7-6-9-4-3-5-10(9)11-8(7)2;;;/h2*7-9,11H,3-6H2,1-2H3;7-8H,3-6H2,1-2H3;7,9-10H,2-6H2,1H3;2*1H4;1H/p+2/i/hD. The van der Waals surface area contributed by atoms with Crippen molar-refractivity contribution in [1.29, 1.82) is 0 Å². The Morgan fingerprint density at radius 2 is 1.21 bits per heavy atom. The van der Waals surface area contributed by atoms with E-state index in [0.29, 0.717) is 42.5 Å². The number of hydrogen-bond acceptors (Lipinski definition) is 10. The molecule has 11 atom stereocenters. The van der Waals surface area contributed by atoms with Crippen molar-refractivity contribution in [3.63, 3.8) is 0 Å². The molecular weight excluding hydrogens is 664 g/mol. The normalized spacial score (nSPS) is 30.3. The van der Waals surface area contributed by atoms with Gasteiger partial charge in [0.1, 0.15) is 11.9 Å². The lowest BCUT2D eigenvalue weighted by molar-refractivity contribution is -0.146. The average Bonchev–Trinajstić information content (AvgIpc) is 3.92. The van der Waals surface area contributed by atoms with Crippen LogP contribution in [0.3, 0.4) is 0 Å². The fraction of sp³-hybridized carbons (Fsp3) is 0.857. The van der Waals surface area contributed by atoms with Crippen LogP contribution < -0.4 is 0 Å². The summed E-state index contributed by atoms with van der Waals surface area (Å²) in [7, 11) is 4.20. The number of methoxy groups -OCH3 is 3. The quantitative estimate of drug-likeness (QED) is 0.174. The summed E-state index contributed by atoms with van der Waals surface area (Å²) in [5.74, 6) is 2.63. The van der Waals surface area contributed by atoms with E-state index in [2.05, 4.69) is 27.7 Å². The molecule has 10 heteroatoms. The maximum Gasteiger partial charge on any atom is 1.00 e. The van der Waals surface area contributed by atoms with Gasteiger partial charge >= 0.3 is 20.8 Å². The first kappa shape index (κ1) is 49.5. The predicted molar refractivity (Wildman–Crippen MR) is 209 cm³/mol. The van der Waals surface area contributed by atoms with Gasteiger partial charge in [0.2, 0.25) is 0 Å². The molecular formula is C42H80O10+2. The Bertz CT molecular complexity index is 1050. The first-order chi connectivity index (χ1) is 23.7. The zero-order chi connectivity index (χ0) is 37.4. The summed E-state index contributed by atoms with van der Waals surface area (Å²) < 4.78 is 19.6. The molecule has 0 aromatic rings. The second-order valence-corrected chi connectivity index (χ2v) is 15.5. The van der Waals surface area contributed by atoms with E-state index in [-0.39, 0.29) is 72.9 Å². The number of Topliss-reactive ketones (excluding diaryl/α,β-unsaturated/α-hetero) is 1. The monoisotopic (exact) mass is 746 g/mol. The summed E-state index contributed by atoms with van der Waals surface area (Å²) in [6, 6.07) is 0. The summed E-state index contributed by atoms with van der Waals surface area (Å²) in [6.07, 6.45) is 16.3. The number of carbonyl (C=O) groups excluding carboxylic acids is 4. The maximum atomic E-state index is 11.3. The Hall–Kier alpha value is -2.46. The minimum Gasteiger partial charge on any atom is -0.495 e. The maximum absolute atomic E-state index is 11.3. The summed E-state index contributed by atoms with van der Waals surface area (Å²) in [6.45, 7) is 11.7. The van der Waals surface area contributed by atoms with E-state index < -0.39 is 0 Å². The SMILES string of the molecule is C.C.C=C1OC2CCCC2CC1C.COC(=O)C(C)CC1CCCC1=O.COC(=O)C(C)CC1CCCC1O.COC(=O)C(C)CC1CCCC1O.[2H+].[H+].[HH]. The third kappa shape index (κ3) is 16.3. The molecule has 4 aliphatic carbocycles. The Kier molecular flexibility index (Phi) is 24.3. The van der Waals surface area contributed by atoms with Crippen molar-refractivity contribution < 1.29 is 52.6 Å². The van der Waals surface area contributed by atoms with Crippen LogP contribution in [0.25, 0.3) is 0 Å². The minimum atomic E-state index is -0.209. The summed E-state index contributed by atoms with van der Waals surface area (Å²) in [5, 5.41) is 19.1. The Morgan fingerprint density at radius 3 is 1.60 bits per heavy atom. The lowest BCUT2D eigenvalue weighted by Crippen LogP contribution is -2.27. The highest BCUT2D eigenvalue weighted by atomic mass is 16.5. The summed E-state index contributed by atoms with van der Waals surface area (Å²) in [4.78, 5) is 44.5. The minimum absolute atomic E-state index is 0. The number of ketones is 1. The molecule has 0 amide bonds. The van der Waals surface area contributed by atoms with E-state index in [0.717, 1.165) is 75.9 Å². The molecule has 1 saturated heterocycles. The molecule has 5 fully saturated rings. The van der Waals surface area contributed by atoms with Crippen LogP contribution in [0.4, 0.5) is 0 Å². The van der Waals surface area contributed by atoms with E-state index in [4.69, 9.17) is 4.74 Å². The molecule has 52 heavy (non-hydrogen) atoms. The van der Waals surface area contributed by atoms with Crippen LogP contribution in [0.2, 0.25) is 0 Å². The van der Waals surface area contributed by atoms with Crippen LogP contribution in [-0.4, -0.2) is 73.5 Å². The van der Waals surface area contributed by atoms with Gasteiger partial charge in [0.25, 0.3) is 0 Å². The van der Waals surface area contributed by atoms with Crippen LogP contribution in [-0.2, 0) is 38.1 Å². The van der Waals surface area contributed by atoms with Gasteiger partial charge in [-0.2, -0.15) is 0 Å². The number of aliphatic hydroxyl groups is 2. The van der Waals surface area contributed by atoms with Crippen LogP contribution >= 0.6 is 0 Å². The van der Waals surface area contributed by atoms with Crippen LogP contribution in [0.5, 0.6) is 0 Å². The van der Waals surface area contributed by atoms with Gasteiger partial charge < -0.3 is 29.2 Å². The van der Waals surface area contributed by atoms with E-state index in [9.17, 15) is 29.4 Å². The lowest BCUT2D eigenvalue weighted by atomic mass is 9.89. The number of ether oxygens (including phenoxy) is 4. The van der Waals surface area contributed by atoms with Gasteiger partial charge in [0.15, 0.2) is 0 Å². The predicted octanol–water partition coefficient (Wildman–Crippen LogP) is 8.72. The zero-order valence-corrected chi connectivity index (χ0v) is 32.0. The zero-order valence-electron chi connectivity index (χ0n) is 34.0. The second-order valence-electron chi connectivity index (χ2n) is 15.5. The van der Waals surface area contributed by atoms with Crippen LogP contribution in [0.15, 0.2) is 12.3 Å². The molecule has 11 unspecified atom stereocenters. The number of hydrogen-bond donors (Lipinski definition) is 2. The van der Waals surface area contributed by atoms with Crippen LogP contribution in [0, 0.1) is 47.3 Å². The number of fused-ring (bicyclic) bond motifs is 1. The summed E-state index contributed by atoms with van der Waals surface area (Å²) >= 11 is 0. The van der Waals surface area contributed by atoms with Crippen molar-refractivity contribution in [3.8, 4) is 0 Å². The molecule has 0 bridgehead atoms. The van der Waals surface area contributed by atoms with Crippen molar-refractivity contribution in [3.05, 3.63) is 12.3 Å². The Balaban J connectivity index is -0.000000306. The Labute approximate surface area is 320 Å². The van der Waals surface area contributed by atoms with Gasteiger partial charge in [0, 0.05) is 19.7 Å². The first-order valence-corrected chi connectivity index (χ1v) is 19.2. The van der Waals surface area contributed by atoms with Crippen molar-refractivity contribution in [2.24, 2.45) is 47.3 Å². The molecule has 2 N–H and O–H groups in total. The number of rotatable bonds is 9. The van der Waals surface area contributed by atoms with Gasteiger partial charge in [-0.05, 0) is 101 Å². The van der Waals surface area contributed by atoms with Gasteiger partial charge in [-0.15, -0.1) is 0 Å². The van der Waals surface area contributed by atoms with E-state index in [1.807, 2.05) is 20.8 Å². The fourth-order valence-corrected chi connectivity index (χ4v) is 8.27. The third-order valence-electron chi connectivity index (χ3n) is 11.5. The molecule has 4 saturated carbocycles. The van der Waals surface area contributed by atoms with E-state index in [1.54, 1.807) is 0 Å². The molecule has 1 heterocycles. The Morgan fingerprint density at radius 1 is 0.769 bits per heavy atom. The highest BCUT2D eigenvalue weighted by molar-refractivity contribution is 5.83. The molecule has 0 spiro atoms. The third-order valence-corrected chi connectivity index (χ3v) is 11.5. The van der Waals surface area contributed by atoms with Gasteiger partial charge in [0.05, 0.1) is 57.1 Å². The van der Waals surface area contributed by atoms with Crippen molar-refractivity contribution in [2.75, 3.05) is 21.3 Å². The summed E-state index contributed by atoms with van der Waals surface area (Å²) in [5.41, 5.74) is 0. The largest absolute Gasteiger partial charge is 1.00 e. The number of esters is 3. The number of aliphatic hydroxyl groups excluding tert-OH is 2. The smallest absolute Gasteiger partial charge is 0.495 e.